The van der Waals surface area contributed by atoms with Crippen molar-refractivity contribution in [1.29, 1.82) is 0 Å². The fraction of sp³-hybridized carbons (Fsp3) is 0.143. The highest BCUT2D eigenvalue weighted by Crippen LogP contribution is 2.01. The van der Waals surface area contributed by atoms with Crippen molar-refractivity contribution < 1.29 is 23.4 Å². The largest absolute Gasteiger partial charge is 0.391 e. The number of nitrogens with zero attached hydrogens (tertiary/aromatic N) is 1. The van der Waals surface area contributed by atoms with Gasteiger partial charge in [-0.1, -0.05) is 6.07 Å². The van der Waals surface area contributed by atoms with Gasteiger partial charge >= 0.3 is 12.6 Å². The third-order valence-corrected chi connectivity index (χ3v) is 1.07. The first kappa shape index (κ1) is 9.53. The molecule has 70 valence electrons. The van der Waals surface area contributed by atoms with Crippen LogP contribution in [0.4, 0.5) is 8.78 Å². The summed E-state index contributed by atoms with van der Waals surface area (Å²) < 4.78 is 22.8. The fourth-order valence-corrected chi connectivity index (χ4v) is 0.606. The maximum atomic E-state index is 11.4. The van der Waals surface area contributed by atoms with Crippen LogP contribution in [-0.2, 0) is 9.78 Å². The number of hydrogen-bond acceptors (Lipinski definition) is 4. The summed E-state index contributed by atoms with van der Waals surface area (Å²) in [5, 5.41) is 0. The predicted molar refractivity (Wildman–Crippen MR) is 36.7 cm³/mol. The molecule has 4 nitrogen and oxygen atoms in total. The Kier molecular flexibility index (Phi) is 3.27. The lowest BCUT2D eigenvalue weighted by molar-refractivity contribution is -0.344. The molecule has 0 aliphatic carbocycles. The number of halogens is 2. The predicted octanol–water partition coefficient (Wildman–Crippen LogP) is 1.39. The second kappa shape index (κ2) is 4.46. The SMILES string of the molecule is O=C(OOC(F)F)c1ccccn1. The highest BCUT2D eigenvalue weighted by Gasteiger charge is 2.12. The van der Waals surface area contributed by atoms with Crippen molar-refractivity contribution in [2.75, 3.05) is 0 Å². The molecule has 0 N–H and O–H groups in total. The van der Waals surface area contributed by atoms with Crippen LogP contribution in [0, 0.1) is 0 Å². The van der Waals surface area contributed by atoms with Crippen LogP contribution in [0.15, 0.2) is 24.4 Å². The van der Waals surface area contributed by atoms with Crippen LogP contribution in [0.2, 0.25) is 0 Å². The quantitative estimate of drug-likeness (QED) is 0.532. The van der Waals surface area contributed by atoms with Crippen LogP contribution in [0.3, 0.4) is 0 Å². The minimum atomic E-state index is -3.15. The highest BCUT2D eigenvalue weighted by molar-refractivity contribution is 5.86. The summed E-state index contributed by atoms with van der Waals surface area (Å²) in [6, 6.07) is 4.41. The summed E-state index contributed by atoms with van der Waals surface area (Å²) >= 11 is 0. The molecule has 0 spiro atoms. The van der Waals surface area contributed by atoms with E-state index in [0.29, 0.717) is 0 Å². The van der Waals surface area contributed by atoms with E-state index in [1.54, 1.807) is 6.07 Å². The molecule has 0 saturated heterocycles. The van der Waals surface area contributed by atoms with Gasteiger partial charge in [0.1, 0.15) is 0 Å². The zero-order valence-corrected chi connectivity index (χ0v) is 6.31. The number of alkyl halides is 2. The monoisotopic (exact) mass is 189 g/mol. The number of hydrogen-bond donors (Lipinski definition) is 0. The molecule has 1 aromatic rings. The third-order valence-electron chi connectivity index (χ3n) is 1.07. The van der Waals surface area contributed by atoms with Gasteiger partial charge in [0.15, 0.2) is 5.69 Å². The standard InChI is InChI=1S/C7H5F2NO3/c8-7(9)13-12-6(11)5-3-1-2-4-10-5/h1-4,7H. The minimum Gasteiger partial charge on any atom is -0.285 e. The Bertz CT molecular complexity index is 278. The van der Waals surface area contributed by atoms with Gasteiger partial charge in [-0.3, -0.25) is 4.89 Å². The normalized spacial score (nSPS) is 10.1. The first-order valence-corrected chi connectivity index (χ1v) is 3.27. The van der Waals surface area contributed by atoms with Crippen molar-refractivity contribution in [1.82, 2.24) is 4.98 Å². The van der Waals surface area contributed by atoms with E-state index >= 15 is 0 Å². The summed E-state index contributed by atoms with van der Waals surface area (Å²) in [5.41, 5.74) is -0.0943. The lowest BCUT2D eigenvalue weighted by atomic mass is 10.4. The van der Waals surface area contributed by atoms with E-state index in [0.717, 1.165) is 0 Å². The van der Waals surface area contributed by atoms with E-state index in [4.69, 9.17) is 0 Å². The molecule has 0 fully saturated rings. The fourth-order valence-electron chi connectivity index (χ4n) is 0.606. The molecule has 1 heterocycles. The van der Waals surface area contributed by atoms with Crippen molar-refractivity contribution in [3.05, 3.63) is 30.1 Å². The maximum absolute atomic E-state index is 11.4. The molecule has 0 bridgehead atoms. The molecule has 0 aliphatic heterocycles. The van der Waals surface area contributed by atoms with Gasteiger partial charge in [0.2, 0.25) is 0 Å². The molecule has 0 aromatic carbocycles. The van der Waals surface area contributed by atoms with E-state index < -0.39 is 12.6 Å². The molecule has 0 amide bonds. The molecule has 0 saturated carbocycles. The van der Waals surface area contributed by atoms with E-state index in [2.05, 4.69) is 14.8 Å². The van der Waals surface area contributed by atoms with Gasteiger partial charge in [0.25, 0.3) is 0 Å². The Balaban J connectivity index is 2.50. The Morgan fingerprint density at radius 3 is 2.77 bits per heavy atom. The first-order chi connectivity index (χ1) is 6.20. The average Bonchev–Trinajstić information content (AvgIpc) is 2.15. The van der Waals surface area contributed by atoms with E-state index in [1.165, 1.54) is 18.3 Å². The van der Waals surface area contributed by atoms with Gasteiger partial charge in [-0.05, 0) is 12.1 Å². The van der Waals surface area contributed by atoms with Crippen LogP contribution < -0.4 is 0 Å². The van der Waals surface area contributed by atoms with Crippen LogP contribution in [0.25, 0.3) is 0 Å². The Labute approximate surface area is 72.0 Å². The summed E-state index contributed by atoms with van der Waals surface area (Å²) in [5.74, 6) is -1.05. The van der Waals surface area contributed by atoms with Crippen LogP contribution in [0.5, 0.6) is 0 Å². The molecule has 6 heteroatoms. The summed E-state index contributed by atoms with van der Waals surface area (Å²) in [6.07, 6.45) is 1.33. The van der Waals surface area contributed by atoms with Crippen LogP contribution >= 0.6 is 0 Å². The summed E-state index contributed by atoms with van der Waals surface area (Å²) in [6.45, 7) is -3.15. The van der Waals surface area contributed by atoms with Gasteiger partial charge in [-0.25, -0.2) is 9.78 Å². The lowest BCUT2D eigenvalue weighted by Gasteiger charge is -2.00. The van der Waals surface area contributed by atoms with Crippen molar-refractivity contribution in [3.8, 4) is 0 Å². The molecule has 0 radical (unpaired) electrons. The van der Waals surface area contributed by atoms with Gasteiger partial charge in [0.05, 0.1) is 0 Å². The zero-order chi connectivity index (χ0) is 9.68. The highest BCUT2D eigenvalue weighted by atomic mass is 19.3. The number of carbonyl (C=O) groups is 1. The first-order valence-electron chi connectivity index (χ1n) is 3.27. The second-order valence-electron chi connectivity index (χ2n) is 1.94. The number of aromatic nitrogens is 1. The Morgan fingerprint density at radius 1 is 1.46 bits per heavy atom. The smallest absolute Gasteiger partial charge is 0.285 e. The number of rotatable bonds is 3. The Hall–Kier alpha value is -1.56. The van der Waals surface area contributed by atoms with Gasteiger partial charge in [-0.15, -0.1) is 4.89 Å². The van der Waals surface area contributed by atoms with Crippen molar-refractivity contribution in [2.24, 2.45) is 0 Å². The number of pyridine rings is 1. The summed E-state index contributed by atoms with van der Waals surface area (Å²) in [7, 11) is 0. The molecular formula is C7H5F2NO3. The van der Waals surface area contributed by atoms with Crippen molar-refractivity contribution >= 4 is 5.97 Å². The van der Waals surface area contributed by atoms with E-state index in [-0.39, 0.29) is 5.69 Å². The van der Waals surface area contributed by atoms with E-state index in [9.17, 15) is 13.6 Å². The number of carbonyl (C=O) groups excluding carboxylic acids is 1. The maximum Gasteiger partial charge on any atom is 0.391 e. The molecule has 13 heavy (non-hydrogen) atoms. The molecule has 1 rings (SSSR count). The lowest BCUT2D eigenvalue weighted by Crippen LogP contribution is -2.10. The molecule has 0 atom stereocenters. The molecule has 0 aliphatic rings. The Morgan fingerprint density at radius 2 is 2.23 bits per heavy atom. The van der Waals surface area contributed by atoms with E-state index in [1.807, 2.05) is 0 Å². The summed E-state index contributed by atoms with van der Waals surface area (Å²) in [4.78, 5) is 21.4. The topological polar surface area (TPSA) is 48.4 Å². The zero-order valence-electron chi connectivity index (χ0n) is 6.31. The minimum absolute atomic E-state index is 0.0943. The average molecular weight is 189 g/mol. The van der Waals surface area contributed by atoms with Crippen LogP contribution in [-0.4, -0.2) is 17.6 Å². The van der Waals surface area contributed by atoms with Crippen molar-refractivity contribution in [3.63, 3.8) is 0 Å². The van der Waals surface area contributed by atoms with Gasteiger partial charge < -0.3 is 0 Å². The van der Waals surface area contributed by atoms with Crippen LogP contribution in [0.1, 0.15) is 10.5 Å². The molecule has 1 aromatic heterocycles. The third kappa shape index (κ3) is 3.12. The molecule has 0 unspecified atom stereocenters. The molecular weight excluding hydrogens is 184 g/mol. The second-order valence-corrected chi connectivity index (χ2v) is 1.94. The van der Waals surface area contributed by atoms with Gasteiger partial charge in [-0.2, -0.15) is 8.78 Å². The van der Waals surface area contributed by atoms with Gasteiger partial charge in [0, 0.05) is 6.20 Å². The van der Waals surface area contributed by atoms with Crippen molar-refractivity contribution in [2.45, 2.75) is 6.61 Å².